The quantitative estimate of drug-likeness (QED) is 0.706. The first-order valence-electron chi connectivity index (χ1n) is 6.70. The van der Waals surface area contributed by atoms with Gasteiger partial charge in [-0.3, -0.25) is 9.69 Å². The van der Waals surface area contributed by atoms with E-state index in [1.807, 2.05) is 4.90 Å². The van der Waals surface area contributed by atoms with E-state index in [0.29, 0.717) is 13.0 Å². The van der Waals surface area contributed by atoms with Crippen molar-refractivity contribution in [3.63, 3.8) is 0 Å². The Morgan fingerprint density at radius 2 is 2.26 bits per heavy atom. The van der Waals surface area contributed by atoms with Gasteiger partial charge in [0.15, 0.2) is 9.84 Å². The largest absolute Gasteiger partial charge is 0.389 e. The molecule has 0 aromatic rings. The summed E-state index contributed by atoms with van der Waals surface area (Å²) in [4.78, 5) is 13.8. The van der Waals surface area contributed by atoms with Gasteiger partial charge in [0.1, 0.15) is 0 Å². The first kappa shape index (κ1) is 14.7. The Labute approximate surface area is 114 Å². The number of carbonyl (C=O) groups is 1. The van der Waals surface area contributed by atoms with Crippen LogP contribution in [0.1, 0.15) is 26.2 Å². The maximum atomic E-state index is 11.9. The predicted molar refractivity (Wildman–Crippen MR) is 71.5 cm³/mol. The molecule has 2 aliphatic rings. The van der Waals surface area contributed by atoms with Gasteiger partial charge in [-0.15, -0.1) is 0 Å². The summed E-state index contributed by atoms with van der Waals surface area (Å²) in [6.45, 7) is 3.29. The summed E-state index contributed by atoms with van der Waals surface area (Å²) >= 11 is 0. The second kappa shape index (κ2) is 5.38. The molecule has 0 saturated carbocycles. The van der Waals surface area contributed by atoms with Crippen molar-refractivity contribution >= 4 is 15.7 Å². The summed E-state index contributed by atoms with van der Waals surface area (Å²) in [6, 6.07) is -0.247. The lowest BCUT2D eigenvalue weighted by Gasteiger charge is -2.36. The Balaban J connectivity index is 1.79. The molecule has 2 rings (SSSR count). The van der Waals surface area contributed by atoms with E-state index < -0.39 is 15.4 Å². The molecule has 7 heteroatoms. The number of piperidine rings is 1. The van der Waals surface area contributed by atoms with Crippen molar-refractivity contribution in [1.29, 1.82) is 0 Å². The molecular formula is C12H22N2O4S. The third-order valence-electron chi connectivity index (χ3n) is 3.72. The molecule has 0 aromatic carbocycles. The van der Waals surface area contributed by atoms with Crippen LogP contribution in [0.2, 0.25) is 0 Å². The standard InChI is InChI=1S/C12H22N2O4S/c1-12(16)4-2-5-14(9-12)7-11(15)13-10-3-6-19(17,18)8-10/h10,16H,2-9H2,1H3,(H,13,15). The topological polar surface area (TPSA) is 86.7 Å². The van der Waals surface area contributed by atoms with E-state index in [9.17, 15) is 18.3 Å². The van der Waals surface area contributed by atoms with Gasteiger partial charge < -0.3 is 10.4 Å². The zero-order chi connectivity index (χ0) is 14.1. The van der Waals surface area contributed by atoms with E-state index >= 15 is 0 Å². The fourth-order valence-electron chi connectivity index (χ4n) is 2.84. The van der Waals surface area contributed by atoms with Gasteiger partial charge in [-0.2, -0.15) is 0 Å². The van der Waals surface area contributed by atoms with Gasteiger partial charge in [-0.05, 0) is 32.7 Å². The van der Waals surface area contributed by atoms with Crippen LogP contribution in [0.15, 0.2) is 0 Å². The van der Waals surface area contributed by atoms with Crippen LogP contribution in [-0.2, 0) is 14.6 Å². The van der Waals surface area contributed by atoms with Crippen molar-refractivity contribution in [3.8, 4) is 0 Å². The van der Waals surface area contributed by atoms with Gasteiger partial charge in [0.25, 0.3) is 0 Å². The Bertz CT molecular complexity index is 447. The Kier molecular flexibility index (Phi) is 4.17. The molecule has 110 valence electrons. The van der Waals surface area contributed by atoms with Crippen LogP contribution < -0.4 is 5.32 Å². The Morgan fingerprint density at radius 3 is 2.84 bits per heavy atom. The van der Waals surface area contributed by atoms with E-state index in [1.165, 1.54) is 0 Å². The third-order valence-corrected chi connectivity index (χ3v) is 5.49. The lowest BCUT2D eigenvalue weighted by Crippen LogP contribution is -2.50. The SMILES string of the molecule is CC1(O)CCCN(CC(=O)NC2CCS(=O)(=O)C2)C1. The molecule has 2 saturated heterocycles. The maximum absolute atomic E-state index is 11.9. The molecule has 0 spiro atoms. The highest BCUT2D eigenvalue weighted by atomic mass is 32.2. The van der Waals surface area contributed by atoms with E-state index in [-0.39, 0.29) is 30.0 Å². The average Bonchev–Trinajstić information content (AvgIpc) is 2.56. The monoisotopic (exact) mass is 290 g/mol. The molecule has 2 N–H and O–H groups in total. The van der Waals surface area contributed by atoms with Crippen molar-refractivity contribution in [2.45, 2.75) is 37.8 Å². The lowest BCUT2D eigenvalue weighted by molar-refractivity contribution is -0.124. The van der Waals surface area contributed by atoms with Gasteiger partial charge in [-0.1, -0.05) is 0 Å². The molecule has 2 fully saturated rings. The fourth-order valence-corrected chi connectivity index (χ4v) is 4.52. The van der Waals surface area contributed by atoms with E-state index in [4.69, 9.17) is 0 Å². The number of hydrogen-bond donors (Lipinski definition) is 2. The van der Waals surface area contributed by atoms with Gasteiger partial charge in [0.05, 0.1) is 23.7 Å². The van der Waals surface area contributed by atoms with Crippen molar-refractivity contribution in [3.05, 3.63) is 0 Å². The number of aliphatic hydroxyl groups is 1. The number of amides is 1. The Hall–Kier alpha value is -0.660. The van der Waals surface area contributed by atoms with Crippen LogP contribution >= 0.6 is 0 Å². The summed E-state index contributed by atoms with van der Waals surface area (Å²) in [5, 5.41) is 12.7. The van der Waals surface area contributed by atoms with Crippen molar-refractivity contribution < 1.29 is 18.3 Å². The van der Waals surface area contributed by atoms with Crippen LogP contribution in [0.4, 0.5) is 0 Å². The highest BCUT2D eigenvalue weighted by Crippen LogP contribution is 2.19. The van der Waals surface area contributed by atoms with Crippen molar-refractivity contribution in [1.82, 2.24) is 10.2 Å². The lowest BCUT2D eigenvalue weighted by atomic mass is 9.95. The molecular weight excluding hydrogens is 268 g/mol. The number of nitrogens with zero attached hydrogens (tertiary/aromatic N) is 1. The number of likely N-dealkylation sites (tertiary alicyclic amines) is 1. The molecule has 0 bridgehead atoms. The Morgan fingerprint density at radius 1 is 1.53 bits per heavy atom. The molecule has 19 heavy (non-hydrogen) atoms. The fraction of sp³-hybridized carbons (Fsp3) is 0.917. The average molecular weight is 290 g/mol. The molecule has 0 aliphatic carbocycles. The molecule has 6 nitrogen and oxygen atoms in total. The molecule has 2 atom stereocenters. The zero-order valence-corrected chi connectivity index (χ0v) is 12.1. The van der Waals surface area contributed by atoms with Crippen LogP contribution in [0.25, 0.3) is 0 Å². The minimum atomic E-state index is -2.96. The number of β-amino-alcohol motifs (C(OH)–C–C–N with tert-alkyl or cyclic N) is 1. The molecule has 2 aliphatic heterocycles. The van der Waals surface area contributed by atoms with Crippen LogP contribution in [0.3, 0.4) is 0 Å². The summed E-state index contributed by atoms with van der Waals surface area (Å²) < 4.78 is 22.6. The van der Waals surface area contributed by atoms with Crippen LogP contribution in [0.5, 0.6) is 0 Å². The number of nitrogens with one attached hydrogen (secondary N) is 1. The van der Waals surface area contributed by atoms with E-state index in [2.05, 4.69) is 5.32 Å². The highest BCUT2D eigenvalue weighted by molar-refractivity contribution is 7.91. The molecule has 2 unspecified atom stereocenters. The van der Waals surface area contributed by atoms with Gasteiger partial charge in [-0.25, -0.2) is 8.42 Å². The second-order valence-electron chi connectivity index (χ2n) is 5.98. The number of carbonyl (C=O) groups excluding carboxylic acids is 1. The van der Waals surface area contributed by atoms with Gasteiger partial charge in [0, 0.05) is 12.6 Å². The summed E-state index contributed by atoms with van der Waals surface area (Å²) in [5.41, 5.74) is -0.727. The zero-order valence-electron chi connectivity index (χ0n) is 11.3. The maximum Gasteiger partial charge on any atom is 0.234 e. The normalized spacial score (nSPS) is 35.2. The smallest absolute Gasteiger partial charge is 0.234 e. The minimum absolute atomic E-state index is 0.0520. The number of hydrogen-bond acceptors (Lipinski definition) is 5. The minimum Gasteiger partial charge on any atom is -0.389 e. The predicted octanol–water partition coefficient (Wildman–Crippen LogP) is -0.863. The molecule has 0 aromatic heterocycles. The van der Waals surface area contributed by atoms with E-state index in [1.54, 1.807) is 6.92 Å². The highest BCUT2D eigenvalue weighted by Gasteiger charge is 2.31. The third kappa shape index (κ3) is 4.43. The summed E-state index contributed by atoms with van der Waals surface area (Å²) in [6.07, 6.45) is 2.13. The van der Waals surface area contributed by atoms with Crippen LogP contribution in [0, 0.1) is 0 Å². The molecule has 0 radical (unpaired) electrons. The molecule has 2 heterocycles. The van der Waals surface area contributed by atoms with E-state index in [0.717, 1.165) is 19.4 Å². The first-order valence-corrected chi connectivity index (χ1v) is 8.52. The molecule has 1 amide bonds. The summed E-state index contributed by atoms with van der Waals surface area (Å²) in [7, 11) is -2.96. The number of sulfone groups is 1. The second-order valence-corrected chi connectivity index (χ2v) is 8.21. The van der Waals surface area contributed by atoms with Crippen molar-refractivity contribution in [2.24, 2.45) is 0 Å². The van der Waals surface area contributed by atoms with Crippen LogP contribution in [-0.4, -0.2) is 67.1 Å². The summed E-state index contributed by atoms with van der Waals surface area (Å²) in [5.74, 6) is 0.0621. The van der Waals surface area contributed by atoms with Gasteiger partial charge >= 0.3 is 0 Å². The van der Waals surface area contributed by atoms with Gasteiger partial charge in [0.2, 0.25) is 5.91 Å². The first-order chi connectivity index (χ1) is 8.76. The number of rotatable bonds is 3. The van der Waals surface area contributed by atoms with Crippen molar-refractivity contribution in [2.75, 3.05) is 31.1 Å².